The summed E-state index contributed by atoms with van der Waals surface area (Å²) in [6.45, 7) is 5.01. The minimum absolute atomic E-state index is 0.255. The van der Waals surface area contributed by atoms with Crippen molar-refractivity contribution in [2.75, 3.05) is 31.5 Å². The van der Waals surface area contributed by atoms with Crippen LogP contribution in [-0.2, 0) is 6.54 Å². The van der Waals surface area contributed by atoms with Crippen LogP contribution in [0.3, 0.4) is 0 Å². The predicted molar refractivity (Wildman–Crippen MR) is 95.0 cm³/mol. The minimum atomic E-state index is -0.255. The zero-order valence-corrected chi connectivity index (χ0v) is 13.8. The minimum Gasteiger partial charge on any atom is -0.338 e. The Labute approximate surface area is 141 Å². The van der Waals surface area contributed by atoms with E-state index in [0.717, 1.165) is 32.7 Å². The summed E-state index contributed by atoms with van der Waals surface area (Å²) in [6.07, 6.45) is 0. The number of piperazine rings is 1. The smallest absolute Gasteiger partial charge is 0.173 e. The first-order valence-electron chi connectivity index (χ1n) is 7.90. The molecule has 0 atom stereocenters. The van der Waals surface area contributed by atoms with E-state index in [-0.39, 0.29) is 5.82 Å². The van der Waals surface area contributed by atoms with E-state index in [1.54, 1.807) is 11.0 Å². The number of rotatable bonds is 3. The van der Waals surface area contributed by atoms with Gasteiger partial charge in [0.1, 0.15) is 12.4 Å². The molecule has 3 rings (SSSR count). The molecular weight excluding hydrogens is 309 g/mol. The fraction of sp³-hybridized carbons (Fsp3) is 0.278. The summed E-state index contributed by atoms with van der Waals surface area (Å²) < 4.78 is 13.2. The number of halogens is 1. The van der Waals surface area contributed by atoms with Gasteiger partial charge in [-0.1, -0.05) is 36.4 Å². The molecule has 5 heteroatoms. The maximum Gasteiger partial charge on any atom is 0.173 e. The molecule has 0 radical (unpaired) electrons. The van der Waals surface area contributed by atoms with Gasteiger partial charge in [-0.2, -0.15) is 0 Å². The molecule has 120 valence electrons. The summed E-state index contributed by atoms with van der Waals surface area (Å²) in [5.74, 6) is -0.255. The number of hydrogen-bond donors (Lipinski definition) is 2. The second kappa shape index (κ2) is 7.53. The molecule has 2 N–H and O–H groups in total. The van der Waals surface area contributed by atoms with Crippen molar-refractivity contribution in [2.45, 2.75) is 6.54 Å². The van der Waals surface area contributed by atoms with Gasteiger partial charge in [-0.25, -0.2) is 4.39 Å². The molecule has 1 aliphatic heterocycles. The van der Waals surface area contributed by atoms with E-state index in [1.807, 2.05) is 12.1 Å². The molecule has 23 heavy (non-hydrogen) atoms. The van der Waals surface area contributed by atoms with Crippen LogP contribution in [0.25, 0.3) is 0 Å². The number of nitrogens with zero attached hydrogens (tertiary/aromatic N) is 1. The monoisotopic (exact) mass is 330 g/mol. The summed E-state index contributed by atoms with van der Waals surface area (Å²) in [5.41, 5.74) is 2.07. The van der Waals surface area contributed by atoms with Crippen molar-refractivity contribution < 1.29 is 9.29 Å². The first-order chi connectivity index (χ1) is 11.2. The molecule has 0 aromatic heterocycles. The van der Waals surface area contributed by atoms with Crippen molar-refractivity contribution in [1.82, 2.24) is 4.90 Å². The second-order valence-corrected chi connectivity index (χ2v) is 6.23. The van der Waals surface area contributed by atoms with Gasteiger partial charge >= 0.3 is 0 Å². The standard InChI is InChI=1S/C18H20FN3S/c19-16-7-4-8-17(13-16)20-18(23)22-11-9-21(10-12-22)14-15-5-2-1-3-6-15/h1-8,13H,9-12,14H2,(H,20,23)/p+1. The number of benzene rings is 2. The fourth-order valence-corrected chi connectivity index (χ4v) is 3.16. The summed E-state index contributed by atoms with van der Waals surface area (Å²) >= 11 is 5.45. The highest BCUT2D eigenvalue weighted by atomic mass is 32.1. The van der Waals surface area contributed by atoms with E-state index in [2.05, 4.69) is 34.5 Å². The topological polar surface area (TPSA) is 19.7 Å². The highest BCUT2D eigenvalue weighted by Gasteiger charge is 2.21. The second-order valence-electron chi connectivity index (χ2n) is 5.84. The predicted octanol–water partition coefficient (Wildman–Crippen LogP) is 1.92. The lowest BCUT2D eigenvalue weighted by Gasteiger charge is -2.33. The highest BCUT2D eigenvalue weighted by molar-refractivity contribution is 7.80. The molecule has 2 aromatic rings. The van der Waals surface area contributed by atoms with Crippen molar-refractivity contribution in [3.05, 3.63) is 66.0 Å². The van der Waals surface area contributed by atoms with Crippen molar-refractivity contribution in [3.63, 3.8) is 0 Å². The lowest BCUT2D eigenvalue weighted by atomic mass is 10.2. The Balaban J connectivity index is 1.49. The Kier molecular flexibility index (Phi) is 5.20. The van der Waals surface area contributed by atoms with Gasteiger partial charge in [0.25, 0.3) is 0 Å². The van der Waals surface area contributed by atoms with E-state index in [4.69, 9.17) is 12.2 Å². The average Bonchev–Trinajstić information content (AvgIpc) is 2.56. The van der Waals surface area contributed by atoms with Crippen LogP contribution in [0.4, 0.5) is 10.1 Å². The molecule has 1 aliphatic rings. The lowest BCUT2D eigenvalue weighted by Crippen LogP contribution is -3.13. The Morgan fingerprint density at radius 1 is 1.09 bits per heavy atom. The van der Waals surface area contributed by atoms with E-state index < -0.39 is 0 Å². The summed E-state index contributed by atoms with van der Waals surface area (Å²) in [5, 5.41) is 3.80. The molecule has 0 aliphatic carbocycles. The number of nitrogens with one attached hydrogen (secondary N) is 2. The Morgan fingerprint density at radius 2 is 1.83 bits per heavy atom. The van der Waals surface area contributed by atoms with Gasteiger partial charge in [0, 0.05) is 11.3 Å². The van der Waals surface area contributed by atoms with Gasteiger partial charge < -0.3 is 15.1 Å². The van der Waals surface area contributed by atoms with Crippen molar-refractivity contribution in [2.24, 2.45) is 0 Å². The van der Waals surface area contributed by atoms with Gasteiger partial charge in [-0.15, -0.1) is 0 Å². The first-order valence-corrected chi connectivity index (χ1v) is 8.30. The van der Waals surface area contributed by atoms with Crippen molar-refractivity contribution in [1.29, 1.82) is 0 Å². The summed E-state index contributed by atoms with van der Waals surface area (Å²) in [7, 11) is 0. The molecule has 1 saturated heterocycles. The third-order valence-corrected chi connectivity index (χ3v) is 4.49. The van der Waals surface area contributed by atoms with E-state index in [1.165, 1.54) is 17.7 Å². The fourth-order valence-electron chi connectivity index (χ4n) is 2.86. The van der Waals surface area contributed by atoms with Crippen molar-refractivity contribution >= 4 is 23.0 Å². The maximum absolute atomic E-state index is 13.2. The number of hydrogen-bond acceptors (Lipinski definition) is 1. The van der Waals surface area contributed by atoms with Gasteiger partial charge in [0.2, 0.25) is 0 Å². The third-order valence-electron chi connectivity index (χ3n) is 4.13. The van der Waals surface area contributed by atoms with Gasteiger partial charge in [-0.05, 0) is 30.4 Å². The number of thiocarbonyl (C=S) groups is 1. The van der Waals surface area contributed by atoms with Crippen LogP contribution in [0.5, 0.6) is 0 Å². The zero-order chi connectivity index (χ0) is 16.1. The summed E-state index contributed by atoms with van der Waals surface area (Å²) in [6, 6.07) is 17.0. The van der Waals surface area contributed by atoms with Gasteiger partial charge in [-0.3, -0.25) is 0 Å². The largest absolute Gasteiger partial charge is 0.338 e. The van der Waals surface area contributed by atoms with Crippen LogP contribution in [0, 0.1) is 5.82 Å². The van der Waals surface area contributed by atoms with E-state index in [0.29, 0.717) is 10.8 Å². The number of quaternary nitrogens is 1. The third kappa shape index (κ3) is 4.50. The molecule has 0 spiro atoms. The van der Waals surface area contributed by atoms with Crippen molar-refractivity contribution in [3.8, 4) is 0 Å². The van der Waals surface area contributed by atoms with Crippen LogP contribution in [-0.4, -0.2) is 36.2 Å². The van der Waals surface area contributed by atoms with Gasteiger partial charge in [0.15, 0.2) is 5.11 Å². The molecular formula is C18H21FN3S+. The van der Waals surface area contributed by atoms with Crippen LogP contribution in [0.15, 0.2) is 54.6 Å². The van der Waals surface area contributed by atoms with Crippen LogP contribution in [0.1, 0.15) is 5.56 Å². The SMILES string of the molecule is Fc1cccc(NC(=S)N2CC[NH+](Cc3ccccc3)CC2)c1. The summed E-state index contributed by atoms with van der Waals surface area (Å²) in [4.78, 5) is 3.73. The van der Waals surface area contributed by atoms with Crippen LogP contribution in [0.2, 0.25) is 0 Å². The molecule has 0 amide bonds. The van der Waals surface area contributed by atoms with Crippen LogP contribution < -0.4 is 10.2 Å². The first kappa shape index (κ1) is 15.9. The van der Waals surface area contributed by atoms with E-state index in [9.17, 15) is 4.39 Å². The maximum atomic E-state index is 13.2. The number of anilines is 1. The van der Waals surface area contributed by atoms with Crippen LogP contribution >= 0.6 is 12.2 Å². The molecule has 2 aromatic carbocycles. The lowest BCUT2D eigenvalue weighted by molar-refractivity contribution is -0.917. The molecule has 0 saturated carbocycles. The molecule has 3 nitrogen and oxygen atoms in total. The average molecular weight is 330 g/mol. The zero-order valence-electron chi connectivity index (χ0n) is 13.0. The molecule has 0 unspecified atom stereocenters. The van der Waals surface area contributed by atoms with E-state index >= 15 is 0 Å². The molecule has 0 bridgehead atoms. The Morgan fingerprint density at radius 3 is 2.52 bits per heavy atom. The highest BCUT2D eigenvalue weighted by Crippen LogP contribution is 2.10. The van der Waals surface area contributed by atoms with Gasteiger partial charge in [0.05, 0.1) is 26.2 Å². The Bertz CT molecular complexity index is 654. The molecule has 1 heterocycles. The molecule has 1 fully saturated rings. The quantitative estimate of drug-likeness (QED) is 0.839. The normalized spacial score (nSPS) is 15.4. The Hall–Kier alpha value is -1.98.